The molecule has 0 aliphatic heterocycles. The molecule has 0 aliphatic rings. The Kier molecular flexibility index (Phi) is 3.74. The molecule has 1 aromatic carbocycles. The fourth-order valence-electron chi connectivity index (χ4n) is 1.97. The molecule has 3 rings (SSSR count). The Hall–Kier alpha value is -2.89. The minimum absolute atomic E-state index is 0.0850. The van der Waals surface area contributed by atoms with E-state index in [4.69, 9.17) is 9.15 Å². The second-order valence-corrected chi connectivity index (χ2v) is 4.94. The van der Waals surface area contributed by atoms with Crippen LogP contribution in [-0.2, 0) is 0 Å². The number of furan rings is 1. The Balaban J connectivity index is 2.07. The van der Waals surface area contributed by atoms with Crippen LogP contribution < -0.4 is 4.74 Å². The number of carbonyl (C=O) groups is 1. The highest BCUT2D eigenvalue weighted by molar-refractivity contribution is 5.94. The van der Waals surface area contributed by atoms with Crippen LogP contribution in [-0.4, -0.2) is 26.8 Å². The summed E-state index contributed by atoms with van der Waals surface area (Å²) in [5.41, 5.74) is 0.772. The average molecular weight is 297 g/mol. The molecule has 0 aliphatic carbocycles. The molecule has 0 fully saturated rings. The van der Waals surface area contributed by atoms with Crippen molar-refractivity contribution in [2.75, 3.05) is 0 Å². The number of aromatic nitrogens is 3. The van der Waals surface area contributed by atoms with Crippen molar-refractivity contribution < 1.29 is 13.9 Å². The van der Waals surface area contributed by atoms with Crippen LogP contribution in [0.2, 0.25) is 0 Å². The molecule has 112 valence electrons. The van der Waals surface area contributed by atoms with Gasteiger partial charge in [-0.05, 0) is 26.0 Å². The van der Waals surface area contributed by atoms with Crippen LogP contribution in [0.25, 0.3) is 11.4 Å². The molecule has 0 N–H and O–H groups in total. The summed E-state index contributed by atoms with van der Waals surface area (Å²) in [5, 5.41) is 4.16. The summed E-state index contributed by atoms with van der Waals surface area (Å²) in [7, 11) is 0. The summed E-state index contributed by atoms with van der Waals surface area (Å²) < 4.78 is 11.9. The van der Waals surface area contributed by atoms with Crippen molar-refractivity contribution in [2.24, 2.45) is 0 Å². The zero-order valence-corrected chi connectivity index (χ0v) is 12.3. The average Bonchev–Trinajstić information content (AvgIpc) is 3.16. The van der Waals surface area contributed by atoms with Crippen LogP contribution in [0.4, 0.5) is 0 Å². The van der Waals surface area contributed by atoms with Gasteiger partial charge in [0.15, 0.2) is 11.6 Å². The molecule has 0 bridgehead atoms. The fourth-order valence-corrected chi connectivity index (χ4v) is 1.97. The monoisotopic (exact) mass is 297 g/mol. The van der Waals surface area contributed by atoms with Crippen molar-refractivity contribution in [3.05, 3.63) is 54.5 Å². The van der Waals surface area contributed by atoms with E-state index < -0.39 is 5.91 Å². The maximum atomic E-state index is 12.5. The number of hydrogen-bond acceptors (Lipinski definition) is 5. The second kappa shape index (κ2) is 5.85. The molecule has 0 amide bonds. The first-order valence-corrected chi connectivity index (χ1v) is 6.92. The van der Waals surface area contributed by atoms with Gasteiger partial charge in [-0.1, -0.05) is 30.3 Å². The van der Waals surface area contributed by atoms with Crippen LogP contribution in [0.15, 0.2) is 53.1 Å². The normalized spacial score (nSPS) is 10.9. The van der Waals surface area contributed by atoms with Gasteiger partial charge in [0.25, 0.3) is 0 Å². The van der Waals surface area contributed by atoms with Crippen molar-refractivity contribution in [1.29, 1.82) is 0 Å². The van der Waals surface area contributed by atoms with E-state index in [2.05, 4.69) is 10.1 Å². The van der Waals surface area contributed by atoms with Crippen LogP contribution >= 0.6 is 0 Å². The van der Waals surface area contributed by atoms with Crippen molar-refractivity contribution in [2.45, 2.75) is 20.0 Å². The molecule has 3 aromatic rings. The van der Waals surface area contributed by atoms with Gasteiger partial charge < -0.3 is 9.15 Å². The van der Waals surface area contributed by atoms with E-state index in [1.165, 1.54) is 10.9 Å². The summed E-state index contributed by atoms with van der Waals surface area (Å²) in [5.74, 6) is 0.214. The first kappa shape index (κ1) is 14.1. The highest BCUT2D eigenvalue weighted by atomic mass is 16.5. The zero-order chi connectivity index (χ0) is 15.5. The summed E-state index contributed by atoms with van der Waals surface area (Å²) >= 11 is 0. The largest absolute Gasteiger partial charge is 0.460 e. The van der Waals surface area contributed by atoms with E-state index in [1.807, 2.05) is 44.2 Å². The molecule has 0 unspecified atom stereocenters. The van der Waals surface area contributed by atoms with E-state index in [9.17, 15) is 4.79 Å². The Bertz CT molecular complexity index is 761. The standard InChI is InChI=1S/C16H15N3O3/c1-11(2)22-16-17-14(12-7-4-3-5-8-12)19(18-16)15(20)13-9-6-10-21-13/h3-11H,1-2H3. The van der Waals surface area contributed by atoms with E-state index in [-0.39, 0.29) is 17.9 Å². The molecular formula is C16H15N3O3. The van der Waals surface area contributed by atoms with Crippen LogP contribution in [0, 0.1) is 0 Å². The quantitative estimate of drug-likeness (QED) is 0.740. The van der Waals surface area contributed by atoms with Crippen LogP contribution in [0.5, 0.6) is 6.01 Å². The van der Waals surface area contributed by atoms with Gasteiger partial charge in [0.05, 0.1) is 12.4 Å². The summed E-state index contributed by atoms with van der Waals surface area (Å²) in [6.07, 6.45) is 1.36. The smallest absolute Gasteiger partial charge is 0.336 e. The first-order chi connectivity index (χ1) is 10.6. The lowest BCUT2D eigenvalue weighted by Gasteiger charge is -2.02. The van der Waals surface area contributed by atoms with Crippen LogP contribution in [0.3, 0.4) is 0 Å². The Morgan fingerprint density at radius 1 is 1.18 bits per heavy atom. The molecule has 0 atom stereocenters. The van der Waals surface area contributed by atoms with Gasteiger partial charge in [-0.15, -0.1) is 5.10 Å². The minimum Gasteiger partial charge on any atom is -0.460 e. The van der Waals surface area contributed by atoms with Crippen molar-refractivity contribution in [3.63, 3.8) is 0 Å². The van der Waals surface area contributed by atoms with Crippen molar-refractivity contribution in [1.82, 2.24) is 14.8 Å². The third kappa shape index (κ3) is 2.76. The minimum atomic E-state index is -0.394. The SMILES string of the molecule is CC(C)Oc1nc(-c2ccccc2)n(C(=O)c2ccco2)n1. The molecular weight excluding hydrogens is 282 g/mol. The Morgan fingerprint density at radius 2 is 1.95 bits per heavy atom. The number of rotatable bonds is 4. The van der Waals surface area contributed by atoms with E-state index >= 15 is 0 Å². The first-order valence-electron chi connectivity index (χ1n) is 6.92. The predicted molar refractivity (Wildman–Crippen MR) is 79.7 cm³/mol. The second-order valence-electron chi connectivity index (χ2n) is 4.94. The predicted octanol–water partition coefficient (Wildman–Crippen LogP) is 3.01. The molecule has 0 radical (unpaired) electrons. The molecule has 6 nitrogen and oxygen atoms in total. The Morgan fingerprint density at radius 3 is 2.59 bits per heavy atom. The topological polar surface area (TPSA) is 70.2 Å². The van der Waals surface area contributed by atoms with Gasteiger partial charge in [-0.2, -0.15) is 9.67 Å². The zero-order valence-electron chi connectivity index (χ0n) is 12.3. The lowest BCUT2D eigenvalue weighted by molar-refractivity contribution is 0.0915. The summed E-state index contributed by atoms with van der Waals surface area (Å²) in [4.78, 5) is 16.8. The van der Waals surface area contributed by atoms with Crippen LogP contribution in [0.1, 0.15) is 24.4 Å². The van der Waals surface area contributed by atoms with Gasteiger partial charge in [-0.3, -0.25) is 4.79 Å². The summed E-state index contributed by atoms with van der Waals surface area (Å²) in [6, 6.07) is 12.7. The van der Waals surface area contributed by atoms with Gasteiger partial charge >= 0.3 is 11.9 Å². The molecule has 2 aromatic heterocycles. The highest BCUT2D eigenvalue weighted by Crippen LogP contribution is 2.21. The lowest BCUT2D eigenvalue weighted by atomic mass is 10.2. The van der Waals surface area contributed by atoms with E-state index in [0.29, 0.717) is 5.82 Å². The van der Waals surface area contributed by atoms with Gasteiger partial charge in [0.2, 0.25) is 0 Å². The molecule has 0 saturated heterocycles. The fraction of sp³-hybridized carbons (Fsp3) is 0.188. The van der Waals surface area contributed by atoms with Gasteiger partial charge in [-0.25, -0.2) is 0 Å². The molecule has 0 saturated carbocycles. The molecule has 2 heterocycles. The summed E-state index contributed by atoms with van der Waals surface area (Å²) in [6.45, 7) is 3.74. The molecule has 6 heteroatoms. The van der Waals surface area contributed by atoms with E-state index in [1.54, 1.807) is 12.1 Å². The maximum absolute atomic E-state index is 12.5. The molecule has 0 spiro atoms. The van der Waals surface area contributed by atoms with Crippen molar-refractivity contribution >= 4 is 5.91 Å². The third-order valence-corrected chi connectivity index (χ3v) is 2.89. The highest BCUT2D eigenvalue weighted by Gasteiger charge is 2.21. The molecule has 22 heavy (non-hydrogen) atoms. The maximum Gasteiger partial charge on any atom is 0.336 e. The number of ether oxygens (including phenoxy) is 1. The van der Waals surface area contributed by atoms with Gasteiger partial charge in [0.1, 0.15) is 0 Å². The number of carbonyl (C=O) groups excluding carboxylic acids is 1. The van der Waals surface area contributed by atoms with E-state index in [0.717, 1.165) is 5.56 Å². The lowest BCUT2D eigenvalue weighted by Crippen LogP contribution is -2.15. The Labute approximate surface area is 127 Å². The van der Waals surface area contributed by atoms with Crippen molar-refractivity contribution in [3.8, 4) is 17.4 Å². The number of benzene rings is 1. The number of nitrogens with zero attached hydrogens (tertiary/aromatic N) is 3. The van der Waals surface area contributed by atoms with Gasteiger partial charge in [0, 0.05) is 5.56 Å². The number of hydrogen-bond donors (Lipinski definition) is 0. The third-order valence-electron chi connectivity index (χ3n) is 2.89.